The zero-order valence-corrected chi connectivity index (χ0v) is 15.7. The molecule has 1 amide bonds. The average Bonchev–Trinajstić information content (AvgIpc) is 2.69. The average molecular weight is 391 g/mol. The Morgan fingerprint density at radius 2 is 1.81 bits per heavy atom. The van der Waals surface area contributed by atoms with E-state index in [1.165, 1.54) is 48.1 Å². The predicted molar refractivity (Wildman–Crippen MR) is 99.0 cm³/mol. The van der Waals surface area contributed by atoms with Crippen LogP contribution < -0.4 is 14.8 Å². The molecule has 3 rings (SSSR count). The van der Waals surface area contributed by atoms with E-state index >= 15 is 0 Å². The molecule has 9 heteroatoms. The SMILES string of the molecule is COc1ccc(NC(=O)c2cc[n+]([O-])cc2)cc1S(=O)(=O)N1CCCCC1. The molecule has 1 aliphatic rings. The van der Waals surface area contributed by atoms with Gasteiger partial charge in [0.15, 0.2) is 12.4 Å². The monoisotopic (exact) mass is 391 g/mol. The van der Waals surface area contributed by atoms with E-state index in [0.717, 1.165) is 19.3 Å². The maximum atomic E-state index is 13.0. The molecule has 0 saturated carbocycles. The summed E-state index contributed by atoms with van der Waals surface area (Å²) in [6, 6.07) is 7.26. The number of benzene rings is 1. The number of hydrogen-bond donors (Lipinski definition) is 1. The van der Waals surface area contributed by atoms with Gasteiger partial charge in [-0.2, -0.15) is 9.04 Å². The number of aromatic nitrogens is 1. The van der Waals surface area contributed by atoms with Gasteiger partial charge < -0.3 is 15.3 Å². The number of methoxy groups -OCH3 is 1. The lowest BCUT2D eigenvalue weighted by Gasteiger charge is -2.26. The molecule has 2 aromatic rings. The molecule has 1 fully saturated rings. The highest BCUT2D eigenvalue weighted by Crippen LogP contribution is 2.31. The molecule has 8 nitrogen and oxygen atoms in total. The minimum Gasteiger partial charge on any atom is -0.619 e. The van der Waals surface area contributed by atoms with Crippen LogP contribution in [-0.4, -0.2) is 38.8 Å². The van der Waals surface area contributed by atoms with E-state index in [2.05, 4.69) is 5.32 Å². The second-order valence-corrected chi connectivity index (χ2v) is 8.14. The third-order valence-corrected chi connectivity index (χ3v) is 6.34. The van der Waals surface area contributed by atoms with Crippen LogP contribution in [0.3, 0.4) is 0 Å². The number of anilines is 1. The molecule has 0 aliphatic carbocycles. The third-order valence-electron chi connectivity index (χ3n) is 4.42. The summed E-state index contributed by atoms with van der Waals surface area (Å²) in [5.74, 6) is -0.215. The Balaban J connectivity index is 1.89. The van der Waals surface area contributed by atoms with E-state index in [0.29, 0.717) is 29.1 Å². The van der Waals surface area contributed by atoms with Crippen molar-refractivity contribution in [3.05, 3.63) is 53.5 Å². The summed E-state index contributed by atoms with van der Waals surface area (Å²) in [4.78, 5) is 12.4. The highest BCUT2D eigenvalue weighted by Gasteiger charge is 2.29. The third kappa shape index (κ3) is 4.20. The molecule has 0 bridgehead atoms. The van der Waals surface area contributed by atoms with Gasteiger partial charge in [0.1, 0.15) is 10.6 Å². The van der Waals surface area contributed by atoms with E-state index in [9.17, 15) is 18.4 Å². The van der Waals surface area contributed by atoms with Gasteiger partial charge in [-0.25, -0.2) is 8.42 Å². The Bertz CT molecular complexity index is 923. The maximum Gasteiger partial charge on any atom is 0.256 e. The van der Waals surface area contributed by atoms with Crippen molar-refractivity contribution in [1.82, 2.24) is 4.31 Å². The zero-order chi connectivity index (χ0) is 19.4. The summed E-state index contributed by atoms with van der Waals surface area (Å²) in [5, 5.41) is 13.7. The van der Waals surface area contributed by atoms with Crippen molar-refractivity contribution in [2.45, 2.75) is 24.2 Å². The van der Waals surface area contributed by atoms with Crippen LogP contribution in [0, 0.1) is 5.21 Å². The lowest BCUT2D eigenvalue weighted by Crippen LogP contribution is -2.35. The lowest BCUT2D eigenvalue weighted by molar-refractivity contribution is -0.605. The van der Waals surface area contributed by atoms with E-state index in [1.54, 1.807) is 6.07 Å². The largest absolute Gasteiger partial charge is 0.619 e. The summed E-state index contributed by atoms with van der Waals surface area (Å²) in [5.41, 5.74) is 0.619. The second kappa shape index (κ2) is 7.93. The molecule has 0 atom stereocenters. The number of pyridine rings is 1. The minimum atomic E-state index is -3.72. The van der Waals surface area contributed by atoms with Crippen LogP contribution in [0.15, 0.2) is 47.6 Å². The van der Waals surface area contributed by atoms with Crippen LogP contribution in [0.4, 0.5) is 5.69 Å². The number of carbonyl (C=O) groups excluding carboxylic acids is 1. The first-order chi connectivity index (χ1) is 12.9. The van der Waals surface area contributed by atoms with Crippen LogP contribution in [-0.2, 0) is 10.0 Å². The summed E-state index contributed by atoms with van der Waals surface area (Å²) in [6.07, 6.45) is 5.10. The summed E-state index contributed by atoms with van der Waals surface area (Å²) >= 11 is 0. The Labute approximate surface area is 158 Å². The topological polar surface area (TPSA) is 103 Å². The molecule has 2 heterocycles. The smallest absolute Gasteiger partial charge is 0.256 e. The first kappa shape index (κ1) is 19.1. The van der Waals surface area contributed by atoms with Crippen molar-refractivity contribution in [2.24, 2.45) is 0 Å². The van der Waals surface area contributed by atoms with Crippen molar-refractivity contribution in [1.29, 1.82) is 0 Å². The number of amides is 1. The van der Waals surface area contributed by atoms with Gasteiger partial charge >= 0.3 is 0 Å². The Kier molecular flexibility index (Phi) is 5.62. The van der Waals surface area contributed by atoms with Crippen LogP contribution in [0.5, 0.6) is 5.75 Å². The number of nitrogens with zero attached hydrogens (tertiary/aromatic N) is 2. The van der Waals surface area contributed by atoms with Crippen LogP contribution in [0.1, 0.15) is 29.6 Å². The maximum absolute atomic E-state index is 13.0. The van der Waals surface area contributed by atoms with Crippen molar-refractivity contribution < 1.29 is 22.7 Å². The van der Waals surface area contributed by atoms with Crippen LogP contribution in [0.25, 0.3) is 0 Å². The molecule has 0 radical (unpaired) electrons. The molecule has 1 saturated heterocycles. The first-order valence-electron chi connectivity index (χ1n) is 8.60. The van der Waals surface area contributed by atoms with Crippen molar-refractivity contribution in [3.63, 3.8) is 0 Å². The Morgan fingerprint density at radius 1 is 1.15 bits per heavy atom. The molecule has 1 aliphatic heterocycles. The number of carbonyl (C=O) groups is 1. The Hall–Kier alpha value is -2.65. The molecule has 144 valence electrons. The van der Waals surface area contributed by atoms with Gasteiger partial charge in [0.25, 0.3) is 5.91 Å². The van der Waals surface area contributed by atoms with E-state index in [1.807, 2.05) is 0 Å². The van der Waals surface area contributed by atoms with Crippen molar-refractivity contribution in [3.8, 4) is 5.75 Å². The van der Waals surface area contributed by atoms with Gasteiger partial charge in [0, 0.05) is 30.9 Å². The fraction of sp³-hybridized carbons (Fsp3) is 0.333. The fourth-order valence-corrected chi connectivity index (χ4v) is 4.67. The van der Waals surface area contributed by atoms with E-state index < -0.39 is 15.9 Å². The number of hydrogen-bond acceptors (Lipinski definition) is 5. The normalized spacial score (nSPS) is 15.3. The van der Waals surface area contributed by atoms with Gasteiger partial charge in [-0.1, -0.05) is 6.42 Å². The molecular weight excluding hydrogens is 370 g/mol. The van der Waals surface area contributed by atoms with Crippen LogP contribution in [0.2, 0.25) is 0 Å². The van der Waals surface area contributed by atoms with Crippen molar-refractivity contribution >= 4 is 21.6 Å². The highest BCUT2D eigenvalue weighted by molar-refractivity contribution is 7.89. The van der Waals surface area contributed by atoms with E-state index in [-0.39, 0.29) is 10.6 Å². The van der Waals surface area contributed by atoms with Gasteiger partial charge in [0.05, 0.1) is 12.7 Å². The second-order valence-electron chi connectivity index (χ2n) is 6.23. The van der Waals surface area contributed by atoms with E-state index in [4.69, 9.17) is 4.74 Å². The molecular formula is C18H21N3O5S. The number of rotatable bonds is 5. The summed E-state index contributed by atoms with van der Waals surface area (Å²) < 4.78 is 33.3. The zero-order valence-electron chi connectivity index (χ0n) is 14.9. The summed E-state index contributed by atoms with van der Waals surface area (Å²) in [7, 11) is -2.31. The van der Waals surface area contributed by atoms with Gasteiger partial charge in [-0.05, 0) is 31.0 Å². The summed E-state index contributed by atoms with van der Waals surface area (Å²) in [6.45, 7) is 0.947. The fourth-order valence-electron chi connectivity index (χ4n) is 2.97. The number of piperidine rings is 1. The van der Waals surface area contributed by atoms with Gasteiger partial charge in [-0.3, -0.25) is 4.79 Å². The minimum absolute atomic E-state index is 0.0233. The number of sulfonamides is 1. The molecule has 0 unspecified atom stereocenters. The molecule has 1 aromatic heterocycles. The van der Waals surface area contributed by atoms with Gasteiger partial charge in [0.2, 0.25) is 10.0 Å². The number of nitrogens with one attached hydrogen (secondary N) is 1. The molecule has 1 aromatic carbocycles. The van der Waals surface area contributed by atoms with Crippen molar-refractivity contribution in [2.75, 3.05) is 25.5 Å². The Morgan fingerprint density at radius 3 is 2.44 bits per heavy atom. The molecule has 27 heavy (non-hydrogen) atoms. The number of ether oxygens (including phenoxy) is 1. The van der Waals surface area contributed by atoms with Gasteiger partial charge in [-0.15, -0.1) is 0 Å². The molecule has 0 spiro atoms. The molecule has 1 N–H and O–H groups in total. The van der Waals surface area contributed by atoms with Crippen LogP contribution >= 0.6 is 0 Å². The first-order valence-corrected chi connectivity index (χ1v) is 10.0. The highest BCUT2D eigenvalue weighted by atomic mass is 32.2. The quantitative estimate of drug-likeness (QED) is 0.618. The standard InChI is InChI=1S/C18H21N3O5S/c1-26-16-6-5-15(19-18(22)14-7-11-20(23)12-8-14)13-17(16)27(24,25)21-9-3-2-4-10-21/h5-8,11-13H,2-4,9-10H2,1H3,(H,19,22). The predicted octanol–water partition coefficient (Wildman–Crippen LogP) is 1.76. The lowest BCUT2D eigenvalue weighted by atomic mass is 10.2.